The van der Waals surface area contributed by atoms with Gasteiger partial charge in [0.15, 0.2) is 0 Å². The molecular formula is C18H38N2O2. The third kappa shape index (κ3) is 7.91. The van der Waals surface area contributed by atoms with Gasteiger partial charge in [0.2, 0.25) is 0 Å². The number of nitrogens with zero attached hydrogens (tertiary/aromatic N) is 2. The Labute approximate surface area is 137 Å². The molecule has 2 aliphatic heterocycles. The lowest BCUT2D eigenvalue weighted by Crippen LogP contribution is -2.43. The van der Waals surface area contributed by atoms with Crippen LogP contribution < -0.4 is 0 Å². The number of rotatable bonds is 2. The first-order valence-electron chi connectivity index (χ1n) is 9.40. The normalized spacial score (nSPS) is 28.0. The van der Waals surface area contributed by atoms with Gasteiger partial charge in [0.05, 0.1) is 12.2 Å². The summed E-state index contributed by atoms with van der Waals surface area (Å²) in [5.74, 6) is 0.860. The van der Waals surface area contributed by atoms with E-state index in [4.69, 9.17) is 5.11 Å². The Kier molecular flexibility index (Phi) is 10.3. The number of piperidine rings is 2. The maximum atomic E-state index is 9.44. The number of hydrogen-bond acceptors (Lipinski definition) is 4. The van der Waals surface area contributed by atoms with Crippen molar-refractivity contribution >= 4 is 0 Å². The van der Waals surface area contributed by atoms with Crippen molar-refractivity contribution < 1.29 is 10.2 Å². The van der Waals surface area contributed by atoms with Gasteiger partial charge in [0.25, 0.3) is 0 Å². The Morgan fingerprint density at radius 2 is 1.36 bits per heavy atom. The van der Waals surface area contributed by atoms with Gasteiger partial charge in [-0.1, -0.05) is 13.8 Å². The quantitative estimate of drug-likeness (QED) is 0.821. The number of hydrogen-bond donors (Lipinski definition) is 2. The van der Waals surface area contributed by atoms with Crippen LogP contribution in [-0.4, -0.2) is 72.0 Å². The Morgan fingerprint density at radius 1 is 0.818 bits per heavy atom. The number of aliphatic hydroxyl groups is 2. The Bertz CT molecular complexity index is 264. The molecule has 0 aromatic rings. The first-order chi connectivity index (χ1) is 10.6. The molecule has 1 saturated carbocycles. The lowest BCUT2D eigenvalue weighted by Gasteiger charge is -2.36. The van der Waals surface area contributed by atoms with E-state index in [1.165, 1.54) is 38.9 Å². The van der Waals surface area contributed by atoms with Gasteiger partial charge in [0.1, 0.15) is 0 Å². The summed E-state index contributed by atoms with van der Waals surface area (Å²) in [5.41, 5.74) is 0. The minimum atomic E-state index is -0.0321. The van der Waals surface area contributed by atoms with Gasteiger partial charge in [0, 0.05) is 26.2 Å². The smallest absolute Gasteiger partial charge is 0.0564 e. The van der Waals surface area contributed by atoms with Crippen molar-refractivity contribution in [3.8, 4) is 0 Å². The highest BCUT2D eigenvalue weighted by Crippen LogP contribution is 2.19. The fourth-order valence-corrected chi connectivity index (χ4v) is 3.28. The van der Waals surface area contributed by atoms with Gasteiger partial charge in [-0.15, -0.1) is 0 Å². The molecule has 2 heterocycles. The number of likely N-dealkylation sites (tertiary alicyclic amines) is 2. The van der Waals surface area contributed by atoms with Crippen LogP contribution in [0.25, 0.3) is 0 Å². The molecule has 2 N–H and O–H groups in total. The zero-order chi connectivity index (χ0) is 16.4. The molecule has 1 atom stereocenters. The van der Waals surface area contributed by atoms with E-state index in [1.807, 2.05) is 13.8 Å². The molecular weight excluding hydrogens is 276 g/mol. The van der Waals surface area contributed by atoms with E-state index in [0.29, 0.717) is 0 Å². The third-order valence-corrected chi connectivity index (χ3v) is 4.87. The van der Waals surface area contributed by atoms with Crippen molar-refractivity contribution in [3.05, 3.63) is 0 Å². The fourth-order valence-electron chi connectivity index (χ4n) is 3.28. The van der Waals surface area contributed by atoms with Gasteiger partial charge >= 0.3 is 0 Å². The molecule has 2 saturated heterocycles. The first kappa shape index (κ1) is 19.9. The molecule has 0 aromatic carbocycles. The van der Waals surface area contributed by atoms with E-state index >= 15 is 0 Å². The maximum Gasteiger partial charge on any atom is 0.0564 e. The first-order valence-corrected chi connectivity index (χ1v) is 9.40. The summed E-state index contributed by atoms with van der Waals surface area (Å²) in [6.07, 6.45) is 8.05. The average molecular weight is 315 g/mol. The number of aliphatic hydroxyl groups excluding tert-OH is 2. The SMILES string of the molecule is CC.CN1CCC[C@@H](CN2CCC(O)CC2)C1.OC1CCC1. The zero-order valence-corrected chi connectivity index (χ0v) is 15.0. The average Bonchev–Trinajstić information content (AvgIpc) is 2.50. The lowest BCUT2D eigenvalue weighted by atomic mass is 9.96. The Morgan fingerprint density at radius 3 is 1.82 bits per heavy atom. The molecule has 0 radical (unpaired) electrons. The molecule has 3 fully saturated rings. The molecule has 3 rings (SSSR count). The van der Waals surface area contributed by atoms with Crippen LogP contribution in [-0.2, 0) is 0 Å². The van der Waals surface area contributed by atoms with E-state index in [0.717, 1.165) is 44.7 Å². The van der Waals surface area contributed by atoms with Crippen LogP contribution in [0.5, 0.6) is 0 Å². The second kappa shape index (κ2) is 11.4. The van der Waals surface area contributed by atoms with Crippen molar-refractivity contribution in [1.82, 2.24) is 9.80 Å². The van der Waals surface area contributed by atoms with Crippen molar-refractivity contribution in [2.75, 3.05) is 39.8 Å². The lowest BCUT2D eigenvalue weighted by molar-refractivity contribution is 0.0653. The van der Waals surface area contributed by atoms with Crippen molar-refractivity contribution in [2.45, 2.75) is 71.0 Å². The van der Waals surface area contributed by atoms with E-state index in [-0.39, 0.29) is 12.2 Å². The Hall–Kier alpha value is -0.160. The van der Waals surface area contributed by atoms with E-state index in [2.05, 4.69) is 16.8 Å². The van der Waals surface area contributed by atoms with Crippen LogP contribution in [0, 0.1) is 5.92 Å². The minimum absolute atomic E-state index is 0.0321. The molecule has 4 heteroatoms. The highest BCUT2D eigenvalue weighted by Gasteiger charge is 2.22. The van der Waals surface area contributed by atoms with Crippen molar-refractivity contribution in [1.29, 1.82) is 0 Å². The van der Waals surface area contributed by atoms with Crippen molar-refractivity contribution in [2.24, 2.45) is 5.92 Å². The standard InChI is InChI=1S/C12H24N2O.C4H8O.C2H6/c1-13-6-2-3-11(9-13)10-14-7-4-12(15)5-8-14;5-4-2-1-3-4;1-2/h11-12,15H,2-10H2,1H3;4-5H,1-3H2;1-2H3/t11-;;/m1../s1. The molecule has 3 aliphatic rings. The van der Waals surface area contributed by atoms with Gasteiger partial charge in [-0.25, -0.2) is 0 Å². The summed E-state index contributed by atoms with van der Waals surface area (Å²) in [7, 11) is 2.23. The van der Waals surface area contributed by atoms with Crippen LogP contribution >= 0.6 is 0 Å². The highest BCUT2D eigenvalue weighted by atomic mass is 16.3. The molecule has 1 aliphatic carbocycles. The molecule has 0 bridgehead atoms. The zero-order valence-electron chi connectivity index (χ0n) is 15.0. The topological polar surface area (TPSA) is 46.9 Å². The van der Waals surface area contributed by atoms with Gasteiger partial charge < -0.3 is 20.0 Å². The molecule has 0 spiro atoms. The van der Waals surface area contributed by atoms with E-state index < -0.39 is 0 Å². The highest BCUT2D eigenvalue weighted by molar-refractivity contribution is 4.77. The summed E-state index contributed by atoms with van der Waals surface area (Å²) in [4.78, 5) is 4.99. The van der Waals surface area contributed by atoms with E-state index in [1.54, 1.807) is 0 Å². The predicted octanol–water partition coefficient (Wildman–Crippen LogP) is 2.34. The fraction of sp³-hybridized carbons (Fsp3) is 1.00. The van der Waals surface area contributed by atoms with Crippen LogP contribution in [0.15, 0.2) is 0 Å². The molecule has 0 unspecified atom stereocenters. The largest absolute Gasteiger partial charge is 0.393 e. The molecule has 4 nitrogen and oxygen atoms in total. The van der Waals surface area contributed by atoms with Gasteiger partial charge in [-0.2, -0.15) is 0 Å². The second-order valence-corrected chi connectivity index (χ2v) is 6.89. The summed E-state index contributed by atoms with van der Waals surface area (Å²) in [6, 6.07) is 0. The molecule has 132 valence electrons. The van der Waals surface area contributed by atoms with Crippen LogP contribution in [0.3, 0.4) is 0 Å². The minimum Gasteiger partial charge on any atom is -0.393 e. The molecule has 0 amide bonds. The van der Waals surface area contributed by atoms with Gasteiger partial charge in [-0.05, 0) is 64.5 Å². The van der Waals surface area contributed by atoms with Crippen molar-refractivity contribution in [3.63, 3.8) is 0 Å². The van der Waals surface area contributed by atoms with E-state index in [9.17, 15) is 5.11 Å². The maximum absolute atomic E-state index is 9.44. The summed E-state index contributed by atoms with van der Waals surface area (Å²) in [5, 5.41) is 17.9. The van der Waals surface area contributed by atoms with Gasteiger partial charge in [-0.3, -0.25) is 0 Å². The van der Waals surface area contributed by atoms with Crippen LogP contribution in [0.1, 0.15) is 58.8 Å². The summed E-state index contributed by atoms with van der Waals surface area (Å²) < 4.78 is 0. The molecule has 0 aromatic heterocycles. The third-order valence-electron chi connectivity index (χ3n) is 4.87. The predicted molar refractivity (Wildman–Crippen MR) is 93.1 cm³/mol. The monoisotopic (exact) mass is 314 g/mol. The molecule has 22 heavy (non-hydrogen) atoms. The second-order valence-electron chi connectivity index (χ2n) is 6.89. The summed E-state index contributed by atoms with van der Waals surface area (Å²) in [6.45, 7) is 9.98. The van der Waals surface area contributed by atoms with Crippen LogP contribution in [0.4, 0.5) is 0 Å². The summed E-state index contributed by atoms with van der Waals surface area (Å²) >= 11 is 0. The Balaban J connectivity index is 0.000000289. The van der Waals surface area contributed by atoms with Crippen LogP contribution in [0.2, 0.25) is 0 Å².